The molecule has 0 atom stereocenters. The number of ketones is 1. The summed E-state index contributed by atoms with van der Waals surface area (Å²) >= 11 is 1.07. The number of benzene rings is 1. The Morgan fingerprint density at radius 3 is 2.40 bits per heavy atom. The molecule has 0 saturated carbocycles. The lowest BCUT2D eigenvalue weighted by Gasteiger charge is -2.06. The minimum Gasteiger partial charge on any atom is -0.504 e. The third-order valence-corrected chi connectivity index (χ3v) is 3.68. The van der Waals surface area contributed by atoms with Crippen molar-refractivity contribution < 1.29 is 24.2 Å². The van der Waals surface area contributed by atoms with Gasteiger partial charge >= 0.3 is 5.97 Å². The summed E-state index contributed by atoms with van der Waals surface area (Å²) in [5, 5.41) is 9.59. The van der Waals surface area contributed by atoms with Crippen LogP contribution in [0.4, 0.5) is 0 Å². The van der Waals surface area contributed by atoms with Gasteiger partial charge in [-0.15, -0.1) is 11.3 Å². The quantitative estimate of drug-likeness (QED) is 0.533. The second-order valence-electron chi connectivity index (χ2n) is 3.94. The third-order valence-electron chi connectivity index (χ3n) is 2.52. The molecule has 5 nitrogen and oxygen atoms in total. The zero-order valence-corrected chi connectivity index (χ0v) is 11.7. The standard InChI is InChI=1S/C14H12O5S/c1-8(15)12-5-6-13(20-12)14(17)19-9-3-4-11(18-2)10(16)7-9/h3-7,16H,1-2H3. The van der Waals surface area contributed by atoms with Gasteiger partial charge in [0.2, 0.25) is 0 Å². The number of Topliss-reactive ketones (excluding diaryl/α,β-unsaturated/α-hetero) is 1. The molecule has 0 amide bonds. The van der Waals surface area contributed by atoms with Crippen molar-refractivity contribution in [2.45, 2.75) is 6.92 Å². The van der Waals surface area contributed by atoms with Crippen LogP contribution in [0.2, 0.25) is 0 Å². The summed E-state index contributed by atoms with van der Waals surface area (Å²) < 4.78 is 10.0. The molecule has 2 aromatic rings. The van der Waals surface area contributed by atoms with Crippen molar-refractivity contribution in [2.75, 3.05) is 7.11 Å². The van der Waals surface area contributed by atoms with Crippen LogP contribution in [0, 0.1) is 0 Å². The van der Waals surface area contributed by atoms with Crippen LogP contribution in [0.1, 0.15) is 26.3 Å². The van der Waals surface area contributed by atoms with E-state index in [9.17, 15) is 14.7 Å². The van der Waals surface area contributed by atoms with Gasteiger partial charge in [0, 0.05) is 6.07 Å². The maximum Gasteiger partial charge on any atom is 0.353 e. The second-order valence-corrected chi connectivity index (χ2v) is 5.03. The molecule has 0 radical (unpaired) electrons. The van der Waals surface area contributed by atoms with E-state index in [0.29, 0.717) is 15.5 Å². The van der Waals surface area contributed by atoms with E-state index >= 15 is 0 Å². The van der Waals surface area contributed by atoms with Crippen molar-refractivity contribution >= 4 is 23.1 Å². The smallest absolute Gasteiger partial charge is 0.353 e. The van der Waals surface area contributed by atoms with Crippen LogP contribution in [0.15, 0.2) is 30.3 Å². The molecule has 1 heterocycles. The fraction of sp³-hybridized carbons (Fsp3) is 0.143. The molecule has 0 fully saturated rings. The predicted octanol–water partition coefficient (Wildman–Crippen LogP) is 2.88. The van der Waals surface area contributed by atoms with Gasteiger partial charge in [-0.1, -0.05) is 0 Å². The Balaban J connectivity index is 2.14. The molecule has 1 N–H and O–H groups in total. The van der Waals surface area contributed by atoms with E-state index in [0.717, 1.165) is 11.3 Å². The van der Waals surface area contributed by atoms with E-state index < -0.39 is 5.97 Å². The fourth-order valence-electron chi connectivity index (χ4n) is 1.53. The first-order valence-electron chi connectivity index (χ1n) is 5.71. The number of phenols is 1. The number of carbonyl (C=O) groups is 2. The summed E-state index contributed by atoms with van der Waals surface area (Å²) in [5.74, 6) is -0.303. The van der Waals surface area contributed by atoms with Crippen LogP contribution in [0.3, 0.4) is 0 Å². The highest BCUT2D eigenvalue weighted by Gasteiger charge is 2.14. The van der Waals surface area contributed by atoms with Gasteiger partial charge in [-0.25, -0.2) is 4.79 Å². The van der Waals surface area contributed by atoms with E-state index in [4.69, 9.17) is 9.47 Å². The molecule has 0 bridgehead atoms. The van der Waals surface area contributed by atoms with Gasteiger partial charge in [0.1, 0.15) is 10.6 Å². The largest absolute Gasteiger partial charge is 0.504 e. The van der Waals surface area contributed by atoms with Crippen molar-refractivity contribution in [2.24, 2.45) is 0 Å². The van der Waals surface area contributed by atoms with Crippen molar-refractivity contribution in [3.05, 3.63) is 40.1 Å². The van der Waals surface area contributed by atoms with E-state index in [1.165, 1.54) is 38.3 Å². The third kappa shape index (κ3) is 2.97. The Labute approximate surface area is 119 Å². The molecule has 0 aliphatic rings. The zero-order valence-electron chi connectivity index (χ0n) is 10.9. The van der Waals surface area contributed by atoms with Crippen LogP contribution < -0.4 is 9.47 Å². The van der Waals surface area contributed by atoms with E-state index in [-0.39, 0.29) is 17.3 Å². The number of carbonyl (C=O) groups excluding carboxylic acids is 2. The van der Waals surface area contributed by atoms with Crippen LogP contribution in [-0.4, -0.2) is 24.0 Å². The van der Waals surface area contributed by atoms with E-state index in [1.807, 2.05) is 0 Å². The summed E-state index contributed by atoms with van der Waals surface area (Å²) in [4.78, 5) is 23.9. The zero-order chi connectivity index (χ0) is 14.7. The van der Waals surface area contributed by atoms with Crippen LogP contribution in [0.25, 0.3) is 0 Å². The molecule has 6 heteroatoms. The summed E-state index contributed by atoms with van der Waals surface area (Å²) in [5.41, 5.74) is 0. The van der Waals surface area contributed by atoms with Gasteiger partial charge in [0.25, 0.3) is 0 Å². The van der Waals surface area contributed by atoms with Crippen LogP contribution in [0.5, 0.6) is 17.2 Å². The average Bonchev–Trinajstić information content (AvgIpc) is 2.88. The maximum atomic E-state index is 11.9. The highest BCUT2D eigenvalue weighted by Crippen LogP contribution is 2.30. The summed E-state index contributed by atoms with van der Waals surface area (Å²) in [6.45, 7) is 1.43. The van der Waals surface area contributed by atoms with Gasteiger partial charge in [0.15, 0.2) is 17.3 Å². The fourth-order valence-corrected chi connectivity index (χ4v) is 2.31. The number of hydrogen-bond donors (Lipinski definition) is 1. The molecule has 0 saturated heterocycles. The first-order chi connectivity index (χ1) is 9.51. The predicted molar refractivity (Wildman–Crippen MR) is 73.9 cm³/mol. The number of ether oxygens (including phenoxy) is 2. The van der Waals surface area contributed by atoms with E-state index in [2.05, 4.69) is 0 Å². The van der Waals surface area contributed by atoms with Crippen molar-refractivity contribution in [3.63, 3.8) is 0 Å². The number of thiophene rings is 1. The number of esters is 1. The lowest BCUT2D eigenvalue weighted by molar-refractivity contribution is 0.0739. The average molecular weight is 292 g/mol. The molecule has 104 valence electrons. The molecular weight excluding hydrogens is 280 g/mol. The van der Waals surface area contributed by atoms with E-state index in [1.54, 1.807) is 6.07 Å². The lowest BCUT2D eigenvalue weighted by atomic mass is 10.3. The second kappa shape index (κ2) is 5.75. The van der Waals surface area contributed by atoms with Gasteiger partial charge in [0.05, 0.1) is 12.0 Å². The topological polar surface area (TPSA) is 72.8 Å². The number of hydrogen-bond acceptors (Lipinski definition) is 6. The Kier molecular flexibility index (Phi) is 4.05. The molecule has 0 aliphatic carbocycles. The molecule has 2 rings (SSSR count). The molecule has 20 heavy (non-hydrogen) atoms. The molecule has 1 aromatic carbocycles. The van der Waals surface area contributed by atoms with Gasteiger partial charge < -0.3 is 14.6 Å². The molecule has 0 aliphatic heterocycles. The highest BCUT2D eigenvalue weighted by molar-refractivity contribution is 7.15. The Morgan fingerprint density at radius 1 is 1.15 bits per heavy atom. The SMILES string of the molecule is COc1ccc(OC(=O)c2ccc(C(C)=O)s2)cc1O. The number of methoxy groups -OCH3 is 1. The molecule has 1 aromatic heterocycles. The van der Waals surface area contributed by atoms with Crippen molar-refractivity contribution in [3.8, 4) is 17.2 Å². The van der Waals surface area contributed by atoms with Crippen molar-refractivity contribution in [1.82, 2.24) is 0 Å². The Bertz CT molecular complexity index is 659. The van der Waals surface area contributed by atoms with Gasteiger partial charge in [-0.05, 0) is 31.2 Å². The Hall–Kier alpha value is -2.34. The maximum absolute atomic E-state index is 11.9. The van der Waals surface area contributed by atoms with Crippen LogP contribution >= 0.6 is 11.3 Å². The van der Waals surface area contributed by atoms with Gasteiger partial charge in [-0.3, -0.25) is 4.79 Å². The minimum absolute atomic E-state index is 0.101. The van der Waals surface area contributed by atoms with Crippen molar-refractivity contribution in [1.29, 1.82) is 0 Å². The Morgan fingerprint density at radius 2 is 1.85 bits per heavy atom. The molecule has 0 unspecified atom stereocenters. The summed E-state index contributed by atoms with van der Waals surface area (Å²) in [6, 6.07) is 7.40. The first-order valence-corrected chi connectivity index (χ1v) is 6.53. The van der Waals surface area contributed by atoms with Crippen LogP contribution in [-0.2, 0) is 0 Å². The van der Waals surface area contributed by atoms with Gasteiger partial charge in [-0.2, -0.15) is 0 Å². The molecular formula is C14H12O5S. The summed E-state index contributed by atoms with van der Waals surface area (Å²) in [6.07, 6.45) is 0. The lowest BCUT2D eigenvalue weighted by Crippen LogP contribution is -2.06. The number of aromatic hydroxyl groups is 1. The molecule has 0 spiro atoms. The number of phenolic OH excluding ortho intramolecular Hbond substituents is 1. The normalized spacial score (nSPS) is 10.1. The minimum atomic E-state index is -0.577. The first kappa shape index (κ1) is 14.1. The number of rotatable bonds is 4. The highest BCUT2D eigenvalue weighted by atomic mass is 32.1. The monoisotopic (exact) mass is 292 g/mol. The summed E-state index contributed by atoms with van der Waals surface area (Å²) in [7, 11) is 1.43.